The number of aliphatic hydroxyl groups excluding tert-OH is 1. The molecule has 0 aromatic heterocycles. The van der Waals surface area contributed by atoms with Crippen LogP contribution in [0.4, 0.5) is 8.78 Å². The van der Waals surface area contributed by atoms with Crippen LogP contribution >= 0.6 is 11.6 Å². The van der Waals surface area contributed by atoms with Gasteiger partial charge in [0.25, 0.3) is 0 Å². The van der Waals surface area contributed by atoms with Crippen LogP contribution < -0.4 is 4.74 Å². The summed E-state index contributed by atoms with van der Waals surface area (Å²) >= 11 is 5.81. The molecule has 0 heterocycles. The molecule has 0 saturated carbocycles. The van der Waals surface area contributed by atoms with Gasteiger partial charge in [-0.2, -0.15) is 0 Å². The molecule has 0 bridgehead atoms. The number of methoxy groups -OCH3 is 1. The van der Waals surface area contributed by atoms with Crippen LogP contribution in [0.1, 0.15) is 17.2 Å². The van der Waals surface area contributed by atoms with Crippen LogP contribution in [0.5, 0.6) is 5.75 Å². The van der Waals surface area contributed by atoms with Gasteiger partial charge in [-0.25, -0.2) is 8.78 Å². The molecule has 0 radical (unpaired) electrons. The lowest BCUT2D eigenvalue weighted by molar-refractivity contribution is 0.219. The minimum atomic E-state index is -1.13. The van der Waals surface area contributed by atoms with E-state index in [2.05, 4.69) is 0 Å². The SMILES string of the molecule is COc1ccc(C(O)c2cc(F)c(F)cc2Cl)cc1. The van der Waals surface area contributed by atoms with Gasteiger partial charge in [-0.1, -0.05) is 23.7 Å². The Morgan fingerprint density at radius 2 is 1.68 bits per heavy atom. The summed E-state index contributed by atoms with van der Waals surface area (Å²) in [6.45, 7) is 0. The lowest BCUT2D eigenvalue weighted by atomic mass is 10.0. The highest BCUT2D eigenvalue weighted by Gasteiger charge is 2.17. The minimum absolute atomic E-state index is 0.0257. The molecule has 1 N–H and O–H groups in total. The second kappa shape index (κ2) is 5.55. The minimum Gasteiger partial charge on any atom is -0.497 e. The highest BCUT2D eigenvalue weighted by atomic mass is 35.5. The molecule has 0 aliphatic carbocycles. The fourth-order valence-corrected chi connectivity index (χ4v) is 1.97. The summed E-state index contributed by atoms with van der Waals surface area (Å²) in [5, 5.41) is 10.1. The fourth-order valence-electron chi connectivity index (χ4n) is 1.71. The van der Waals surface area contributed by atoms with Crippen molar-refractivity contribution < 1.29 is 18.6 Å². The van der Waals surface area contributed by atoms with Crippen molar-refractivity contribution in [3.63, 3.8) is 0 Å². The van der Waals surface area contributed by atoms with Crippen molar-refractivity contribution in [3.8, 4) is 5.75 Å². The summed E-state index contributed by atoms with van der Waals surface area (Å²) in [5.74, 6) is -1.46. The van der Waals surface area contributed by atoms with E-state index < -0.39 is 17.7 Å². The molecule has 0 fully saturated rings. The van der Waals surface area contributed by atoms with E-state index in [1.807, 2.05) is 0 Å². The normalized spacial score (nSPS) is 12.3. The van der Waals surface area contributed by atoms with Crippen molar-refractivity contribution in [2.24, 2.45) is 0 Å². The Labute approximate surface area is 114 Å². The molecule has 0 aliphatic heterocycles. The van der Waals surface area contributed by atoms with Crippen LogP contribution in [0.25, 0.3) is 0 Å². The maximum Gasteiger partial charge on any atom is 0.160 e. The summed E-state index contributed by atoms with van der Waals surface area (Å²) in [7, 11) is 1.53. The van der Waals surface area contributed by atoms with Crippen LogP contribution in [0.2, 0.25) is 5.02 Å². The summed E-state index contributed by atoms with van der Waals surface area (Å²) < 4.78 is 31.2. The monoisotopic (exact) mass is 284 g/mol. The smallest absolute Gasteiger partial charge is 0.160 e. The molecule has 0 amide bonds. The van der Waals surface area contributed by atoms with E-state index in [-0.39, 0.29) is 10.6 Å². The molecule has 1 unspecified atom stereocenters. The van der Waals surface area contributed by atoms with Crippen LogP contribution in [0.3, 0.4) is 0 Å². The molecular weight excluding hydrogens is 274 g/mol. The van der Waals surface area contributed by atoms with Crippen LogP contribution in [0.15, 0.2) is 36.4 Å². The van der Waals surface area contributed by atoms with Gasteiger partial charge in [0.1, 0.15) is 11.9 Å². The Kier molecular flexibility index (Phi) is 4.02. The fraction of sp³-hybridized carbons (Fsp3) is 0.143. The number of ether oxygens (including phenoxy) is 1. The molecule has 2 rings (SSSR count). The zero-order valence-corrected chi connectivity index (χ0v) is 10.8. The summed E-state index contributed by atoms with van der Waals surface area (Å²) in [6.07, 6.45) is -1.13. The first-order valence-corrected chi connectivity index (χ1v) is 5.87. The van der Waals surface area contributed by atoms with Crippen molar-refractivity contribution in [1.29, 1.82) is 0 Å². The van der Waals surface area contributed by atoms with Gasteiger partial charge in [-0.15, -0.1) is 0 Å². The Morgan fingerprint density at radius 3 is 2.26 bits per heavy atom. The highest BCUT2D eigenvalue weighted by molar-refractivity contribution is 6.31. The van der Waals surface area contributed by atoms with Crippen LogP contribution in [-0.2, 0) is 0 Å². The van der Waals surface area contributed by atoms with Crippen molar-refractivity contribution >= 4 is 11.6 Å². The van der Waals surface area contributed by atoms with E-state index in [0.717, 1.165) is 12.1 Å². The van der Waals surface area contributed by atoms with E-state index in [4.69, 9.17) is 16.3 Å². The summed E-state index contributed by atoms with van der Waals surface area (Å²) in [4.78, 5) is 0. The highest BCUT2D eigenvalue weighted by Crippen LogP contribution is 2.30. The number of halogens is 3. The van der Waals surface area contributed by atoms with Gasteiger partial charge < -0.3 is 9.84 Å². The molecule has 0 aliphatic rings. The lowest BCUT2D eigenvalue weighted by Crippen LogP contribution is -2.02. The average Bonchev–Trinajstić information content (AvgIpc) is 2.42. The lowest BCUT2D eigenvalue weighted by Gasteiger charge is -2.14. The first-order chi connectivity index (χ1) is 9.02. The number of rotatable bonds is 3. The first kappa shape index (κ1) is 13.8. The molecule has 5 heteroatoms. The Bertz CT molecular complexity index is 585. The van der Waals surface area contributed by atoms with Crippen molar-refractivity contribution in [2.45, 2.75) is 6.10 Å². The van der Waals surface area contributed by atoms with Crippen molar-refractivity contribution in [1.82, 2.24) is 0 Å². The molecule has 0 spiro atoms. The van der Waals surface area contributed by atoms with Gasteiger partial charge in [-0.05, 0) is 29.8 Å². The molecule has 19 heavy (non-hydrogen) atoms. The van der Waals surface area contributed by atoms with Gasteiger partial charge >= 0.3 is 0 Å². The zero-order valence-electron chi connectivity index (χ0n) is 10.0. The molecule has 2 aromatic carbocycles. The van der Waals surface area contributed by atoms with Gasteiger partial charge in [0.2, 0.25) is 0 Å². The maximum absolute atomic E-state index is 13.2. The van der Waals surface area contributed by atoms with Gasteiger partial charge in [-0.3, -0.25) is 0 Å². The van der Waals surface area contributed by atoms with E-state index in [1.165, 1.54) is 7.11 Å². The molecule has 1 atom stereocenters. The molecular formula is C14H11ClF2O2. The average molecular weight is 285 g/mol. The zero-order chi connectivity index (χ0) is 14.0. The number of hydrogen-bond acceptors (Lipinski definition) is 2. The predicted molar refractivity (Wildman–Crippen MR) is 68.4 cm³/mol. The molecule has 100 valence electrons. The largest absolute Gasteiger partial charge is 0.497 e. The van der Waals surface area contributed by atoms with E-state index in [9.17, 15) is 13.9 Å². The maximum atomic E-state index is 13.2. The third-order valence-corrected chi connectivity index (χ3v) is 3.09. The number of aliphatic hydroxyl groups is 1. The molecule has 2 nitrogen and oxygen atoms in total. The van der Waals surface area contributed by atoms with Crippen LogP contribution in [0, 0.1) is 11.6 Å². The Morgan fingerprint density at radius 1 is 1.11 bits per heavy atom. The van der Waals surface area contributed by atoms with E-state index in [0.29, 0.717) is 11.3 Å². The number of hydrogen-bond donors (Lipinski definition) is 1. The Balaban J connectivity index is 2.37. The topological polar surface area (TPSA) is 29.5 Å². The second-order valence-electron chi connectivity index (χ2n) is 3.96. The molecule has 0 saturated heterocycles. The number of benzene rings is 2. The Hall–Kier alpha value is -1.65. The summed E-state index contributed by atoms with van der Waals surface area (Å²) in [6, 6.07) is 8.31. The predicted octanol–water partition coefficient (Wildman–Crippen LogP) is 3.71. The van der Waals surface area contributed by atoms with Gasteiger partial charge in [0, 0.05) is 10.6 Å². The summed E-state index contributed by atoms with van der Waals surface area (Å²) in [5.41, 5.74) is 0.624. The standard InChI is InChI=1S/C14H11ClF2O2/c1-19-9-4-2-8(3-5-9)14(18)10-6-12(16)13(17)7-11(10)15/h2-7,14,18H,1H3. The molecule has 2 aromatic rings. The quantitative estimate of drug-likeness (QED) is 0.871. The van der Waals surface area contributed by atoms with Crippen LogP contribution in [-0.4, -0.2) is 12.2 Å². The van der Waals surface area contributed by atoms with E-state index in [1.54, 1.807) is 24.3 Å². The second-order valence-corrected chi connectivity index (χ2v) is 4.37. The van der Waals surface area contributed by atoms with Crippen molar-refractivity contribution in [3.05, 3.63) is 64.2 Å². The van der Waals surface area contributed by atoms with Gasteiger partial charge in [0.05, 0.1) is 7.11 Å². The van der Waals surface area contributed by atoms with Gasteiger partial charge in [0.15, 0.2) is 11.6 Å². The first-order valence-electron chi connectivity index (χ1n) is 5.49. The third-order valence-electron chi connectivity index (χ3n) is 2.77. The van der Waals surface area contributed by atoms with Crippen molar-refractivity contribution in [2.75, 3.05) is 7.11 Å². The third kappa shape index (κ3) is 2.85. The van der Waals surface area contributed by atoms with E-state index >= 15 is 0 Å².